The first kappa shape index (κ1) is 14.0. The van der Waals surface area contributed by atoms with Gasteiger partial charge in [-0.2, -0.15) is 0 Å². The van der Waals surface area contributed by atoms with Crippen LogP contribution >= 0.6 is 11.6 Å². The topological polar surface area (TPSA) is 55.6 Å². The van der Waals surface area contributed by atoms with E-state index in [1.165, 1.54) is 12.8 Å². The van der Waals surface area contributed by atoms with Crippen molar-refractivity contribution in [3.8, 4) is 5.75 Å². The number of ether oxygens (including phenoxy) is 1. The second-order valence-corrected chi connectivity index (χ2v) is 5.18. The molecular weight excluding hydrogens is 264 g/mol. The van der Waals surface area contributed by atoms with Crippen LogP contribution in [-0.4, -0.2) is 30.5 Å². The number of carbonyl (C=O) groups is 1. The standard InChI is InChI=1S/C14H19ClN2O2/c15-12-6-5-11(16)9-13(12)19-10-14(18)17-7-3-1-2-4-8-17/h5-6,9H,1-4,7-8,10,16H2. The highest BCUT2D eigenvalue weighted by Gasteiger charge is 2.16. The second-order valence-electron chi connectivity index (χ2n) is 4.77. The van der Waals surface area contributed by atoms with Gasteiger partial charge in [0, 0.05) is 24.8 Å². The maximum Gasteiger partial charge on any atom is 0.260 e. The highest BCUT2D eigenvalue weighted by molar-refractivity contribution is 6.32. The van der Waals surface area contributed by atoms with Crippen molar-refractivity contribution in [2.45, 2.75) is 25.7 Å². The van der Waals surface area contributed by atoms with E-state index in [1.807, 2.05) is 4.90 Å². The van der Waals surface area contributed by atoms with Crippen molar-refractivity contribution in [1.29, 1.82) is 0 Å². The molecule has 1 heterocycles. The first-order valence-electron chi connectivity index (χ1n) is 6.62. The fourth-order valence-corrected chi connectivity index (χ4v) is 2.35. The van der Waals surface area contributed by atoms with Crippen molar-refractivity contribution in [1.82, 2.24) is 4.90 Å². The lowest BCUT2D eigenvalue weighted by atomic mass is 10.2. The Kier molecular flexibility index (Phi) is 4.91. The van der Waals surface area contributed by atoms with E-state index < -0.39 is 0 Å². The van der Waals surface area contributed by atoms with E-state index in [2.05, 4.69) is 0 Å². The molecule has 0 aromatic heterocycles. The molecule has 1 amide bonds. The van der Waals surface area contributed by atoms with Gasteiger partial charge in [0.2, 0.25) is 0 Å². The molecule has 1 aliphatic heterocycles. The molecule has 1 saturated heterocycles. The summed E-state index contributed by atoms with van der Waals surface area (Å²) >= 11 is 5.99. The third-order valence-corrected chi connectivity index (χ3v) is 3.58. The Bertz CT molecular complexity index is 443. The monoisotopic (exact) mass is 282 g/mol. The van der Waals surface area contributed by atoms with Crippen LogP contribution in [-0.2, 0) is 4.79 Å². The molecule has 1 aliphatic rings. The smallest absolute Gasteiger partial charge is 0.260 e. The summed E-state index contributed by atoms with van der Waals surface area (Å²) in [5.74, 6) is 0.477. The zero-order valence-corrected chi connectivity index (χ0v) is 11.7. The van der Waals surface area contributed by atoms with Crippen LogP contribution in [0.15, 0.2) is 18.2 Å². The van der Waals surface area contributed by atoms with Gasteiger partial charge in [-0.3, -0.25) is 4.79 Å². The summed E-state index contributed by atoms with van der Waals surface area (Å²) in [6, 6.07) is 5.01. The molecule has 0 bridgehead atoms. The van der Waals surface area contributed by atoms with E-state index in [0.717, 1.165) is 25.9 Å². The third kappa shape index (κ3) is 4.03. The van der Waals surface area contributed by atoms with Crippen molar-refractivity contribution in [3.05, 3.63) is 23.2 Å². The van der Waals surface area contributed by atoms with E-state index in [-0.39, 0.29) is 12.5 Å². The minimum Gasteiger partial charge on any atom is -0.482 e. The van der Waals surface area contributed by atoms with Gasteiger partial charge in [0.05, 0.1) is 5.02 Å². The van der Waals surface area contributed by atoms with Crippen molar-refractivity contribution in [2.24, 2.45) is 0 Å². The van der Waals surface area contributed by atoms with E-state index in [0.29, 0.717) is 16.5 Å². The highest BCUT2D eigenvalue weighted by atomic mass is 35.5. The number of amides is 1. The number of hydrogen-bond donors (Lipinski definition) is 1. The Labute approximate surface area is 118 Å². The number of benzene rings is 1. The Morgan fingerprint density at radius 2 is 1.95 bits per heavy atom. The van der Waals surface area contributed by atoms with E-state index in [9.17, 15) is 4.79 Å². The van der Waals surface area contributed by atoms with Gasteiger partial charge >= 0.3 is 0 Å². The Morgan fingerprint density at radius 3 is 2.63 bits per heavy atom. The van der Waals surface area contributed by atoms with Crippen LogP contribution < -0.4 is 10.5 Å². The third-order valence-electron chi connectivity index (χ3n) is 3.27. The molecule has 0 spiro atoms. The van der Waals surface area contributed by atoms with Gasteiger partial charge < -0.3 is 15.4 Å². The number of nitrogens with zero attached hydrogens (tertiary/aromatic N) is 1. The summed E-state index contributed by atoms with van der Waals surface area (Å²) in [7, 11) is 0. The molecular formula is C14H19ClN2O2. The van der Waals surface area contributed by atoms with Crippen molar-refractivity contribution in [3.63, 3.8) is 0 Å². The predicted octanol–water partition coefficient (Wildman–Crippen LogP) is 2.70. The molecule has 4 nitrogen and oxygen atoms in total. The zero-order valence-electron chi connectivity index (χ0n) is 10.9. The summed E-state index contributed by atoms with van der Waals surface area (Å²) in [5, 5.41) is 0.470. The largest absolute Gasteiger partial charge is 0.482 e. The molecule has 1 aromatic rings. The van der Waals surface area contributed by atoms with Crippen LogP contribution in [0.1, 0.15) is 25.7 Å². The molecule has 104 valence electrons. The number of nitrogen functional groups attached to an aromatic ring is 1. The average molecular weight is 283 g/mol. The SMILES string of the molecule is Nc1ccc(Cl)c(OCC(=O)N2CCCCCC2)c1. The van der Waals surface area contributed by atoms with E-state index in [1.54, 1.807) is 18.2 Å². The molecule has 0 radical (unpaired) electrons. The number of halogens is 1. The van der Waals surface area contributed by atoms with Gasteiger partial charge in [0.15, 0.2) is 6.61 Å². The number of carbonyl (C=O) groups excluding carboxylic acids is 1. The van der Waals surface area contributed by atoms with Crippen LogP contribution in [0.25, 0.3) is 0 Å². The second kappa shape index (κ2) is 6.66. The quantitative estimate of drug-likeness (QED) is 0.867. The fourth-order valence-electron chi connectivity index (χ4n) is 2.18. The number of hydrogen-bond acceptors (Lipinski definition) is 3. The minimum atomic E-state index is 0.0143. The Morgan fingerprint density at radius 1 is 1.26 bits per heavy atom. The molecule has 0 atom stereocenters. The van der Waals surface area contributed by atoms with Crippen LogP contribution in [0.2, 0.25) is 5.02 Å². The van der Waals surface area contributed by atoms with Crippen molar-refractivity contribution >= 4 is 23.2 Å². The summed E-state index contributed by atoms with van der Waals surface area (Å²) in [4.78, 5) is 13.9. The van der Waals surface area contributed by atoms with E-state index in [4.69, 9.17) is 22.1 Å². The normalized spacial score (nSPS) is 15.9. The van der Waals surface area contributed by atoms with Crippen molar-refractivity contribution < 1.29 is 9.53 Å². The number of anilines is 1. The lowest BCUT2D eigenvalue weighted by Gasteiger charge is -2.20. The van der Waals surface area contributed by atoms with E-state index >= 15 is 0 Å². The maximum absolute atomic E-state index is 12.0. The maximum atomic E-state index is 12.0. The molecule has 2 N–H and O–H groups in total. The first-order chi connectivity index (χ1) is 9.16. The van der Waals surface area contributed by atoms with Crippen LogP contribution in [0.5, 0.6) is 5.75 Å². The summed E-state index contributed by atoms with van der Waals surface area (Å²) in [5.41, 5.74) is 6.23. The molecule has 0 saturated carbocycles. The number of rotatable bonds is 3. The van der Waals surface area contributed by atoms with Crippen LogP contribution in [0, 0.1) is 0 Å². The van der Waals surface area contributed by atoms with Crippen molar-refractivity contribution in [2.75, 3.05) is 25.4 Å². The number of likely N-dealkylation sites (tertiary alicyclic amines) is 1. The molecule has 0 unspecified atom stereocenters. The Hall–Kier alpha value is -1.42. The summed E-state index contributed by atoms with van der Waals surface area (Å²) in [6.07, 6.45) is 4.55. The van der Waals surface area contributed by atoms with Gasteiger partial charge in [0.25, 0.3) is 5.91 Å². The summed E-state index contributed by atoms with van der Waals surface area (Å²) in [6.45, 7) is 1.67. The van der Waals surface area contributed by atoms with Crippen LogP contribution in [0.4, 0.5) is 5.69 Å². The van der Waals surface area contributed by atoms with Gasteiger partial charge in [-0.15, -0.1) is 0 Å². The van der Waals surface area contributed by atoms with Gasteiger partial charge in [-0.25, -0.2) is 0 Å². The number of nitrogens with two attached hydrogens (primary N) is 1. The predicted molar refractivity (Wildman–Crippen MR) is 76.4 cm³/mol. The van der Waals surface area contributed by atoms with Gasteiger partial charge in [-0.1, -0.05) is 24.4 Å². The molecule has 0 aliphatic carbocycles. The highest BCUT2D eigenvalue weighted by Crippen LogP contribution is 2.26. The minimum absolute atomic E-state index is 0.0143. The Balaban J connectivity index is 1.90. The average Bonchev–Trinajstić information content (AvgIpc) is 2.68. The first-order valence-corrected chi connectivity index (χ1v) is 7.00. The van der Waals surface area contributed by atoms with Gasteiger partial charge in [-0.05, 0) is 25.0 Å². The molecule has 19 heavy (non-hydrogen) atoms. The molecule has 2 rings (SSSR count). The van der Waals surface area contributed by atoms with Crippen LogP contribution in [0.3, 0.4) is 0 Å². The lowest BCUT2D eigenvalue weighted by Crippen LogP contribution is -2.35. The molecule has 1 aromatic carbocycles. The van der Waals surface area contributed by atoms with Gasteiger partial charge in [0.1, 0.15) is 5.75 Å². The fraction of sp³-hybridized carbons (Fsp3) is 0.500. The zero-order chi connectivity index (χ0) is 13.7. The molecule has 1 fully saturated rings. The molecule has 5 heteroatoms. The lowest BCUT2D eigenvalue weighted by molar-refractivity contribution is -0.133. The summed E-state index contributed by atoms with van der Waals surface area (Å²) < 4.78 is 5.47.